The fourth-order valence-corrected chi connectivity index (χ4v) is 7.16. The highest BCUT2D eigenvalue weighted by atomic mass is 16.2. The summed E-state index contributed by atoms with van der Waals surface area (Å²) in [6, 6.07) is 17.8. The molecule has 3 aromatic rings. The number of aromatic nitrogens is 1. The molecule has 6 rings (SSSR count). The van der Waals surface area contributed by atoms with Crippen molar-refractivity contribution < 1.29 is 14.4 Å². The van der Waals surface area contributed by atoms with Crippen LogP contribution in [0.15, 0.2) is 60.8 Å². The Balaban J connectivity index is 1.21. The topological polar surface area (TPSA) is 115 Å². The quantitative estimate of drug-likeness (QED) is 0.308. The molecule has 1 fully saturated rings. The van der Waals surface area contributed by atoms with Crippen LogP contribution in [0.5, 0.6) is 0 Å². The fraction of sp³-hybridized carbons (Fsp3) is 0.412. The van der Waals surface area contributed by atoms with Crippen molar-refractivity contribution in [3.05, 3.63) is 88.6 Å². The van der Waals surface area contributed by atoms with Gasteiger partial charge in [-0.3, -0.25) is 14.4 Å². The molecule has 9 heteroatoms. The zero-order chi connectivity index (χ0) is 30.0. The van der Waals surface area contributed by atoms with Crippen molar-refractivity contribution in [1.29, 1.82) is 0 Å². The van der Waals surface area contributed by atoms with Crippen LogP contribution in [-0.2, 0) is 45.7 Å². The number of nitrogens with one attached hydrogen (secondary N) is 4. The van der Waals surface area contributed by atoms with Crippen LogP contribution >= 0.6 is 0 Å². The van der Waals surface area contributed by atoms with Crippen molar-refractivity contribution >= 4 is 29.2 Å². The number of anilines is 2. The third-order valence-electron chi connectivity index (χ3n) is 9.62. The maximum atomic E-state index is 14.2. The smallest absolute Gasteiger partial charge is 0.244 e. The molecule has 9 nitrogen and oxygen atoms in total. The minimum Gasteiger partial charge on any atom is -0.329 e. The number of nitrogens with zero attached hydrogens (tertiary/aromatic N) is 2. The van der Waals surface area contributed by atoms with Gasteiger partial charge in [0.25, 0.3) is 0 Å². The highest BCUT2D eigenvalue weighted by molar-refractivity contribution is 6.06. The van der Waals surface area contributed by atoms with Gasteiger partial charge in [-0.15, -0.1) is 0 Å². The van der Waals surface area contributed by atoms with Crippen molar-refractivity contribution in [2.75, 3.05) is 37.3 Å². The molecule has 1 atom stereocenters. The molecule has 224 valence electrons. The summed E-state index contributed by atoms with van der Waals surface area (Å²) < 4.78 is 0. The molecule has 3 aliphatic rings. The number of carbonyl (C=O) groups is 3. The minimum atomic E-state index is -0.665. The first kappa shape index (κ1) is 29.0. The number of carbonyl (C=O) groups excluding carboxylic acids is 3. The van der Waals surface area contributed by atoms with Gasteiger partial charge < -0.3 is 26.2 Å². The average Bonchev–Trinajstić information content (AvgIpc) is 3.54. The van der Waals surface area contributed by atoms with Gasteiger partial charge in [-0.1, -0.05) is 43.3 Å². The SMILES string of the molecule is CCC1(C(=O)N(CC(=O)Nc2ccc3c(c2)C[C@@]2(C3)C(=O)Nc3ncccc32)Cc2ccccc2CNC)CCNCC1. The normalized spacial score (nSPS) is 19.9. The third-order valence-corrected chi connectivity index (χ3v) is 9.62. The van der Waals surface area contributed by atoms with E-state index in [1.807, 2.05) is 55.6 Å². The molecule has 0 unspecified atom stereocenters. The number of hydrogen-bond acceptors (Lipinski definition) is 6. The third kappa shape index (κ3) is 5.43. The first-order valence-corrected chi connectivity index (χ1v) is 15.3. The predicted octanol–water partition coefficient (Wildman–Crippen LogP) is 3.54. The lowest BCUT2D eigenvalue weighted by Crippen LogP contribution is -2.50. The Kier molecular flexibility index (Phi) is 8.03. The van der Waals surface area contributed by atoms with Crippen LogP contribution in [0.2, 0.25) is 0 Å². The Morgan fingerprint density at radius 3 is 2.53 bits per heavy atom. The van der Waals surface area contributed by atoms with Crippen LogP contribution in [0, 0.1) is 5.41 Å². The molecule has 1 spiro atoms. The van der Waals surface area contributed by atoms with Gasteiger partial charge in [0.15, 0.2) is 0 Å². The van der Waals surface area contributed by atoms with Crippen molar-refractivity contribution in [3.63, 3.8) is 0 Å². The summed E-state index contributed by atoms with van der Waals surface area (Å²) >= 11 is 0. The Hall–Kier alpha value is -4.08. The highest BCUT2D eigenvalue weighted by Crippen LogP contribution is 2.47. The van der Waals surface area contributed by atoms with E-state index in [1.165, 1.54) is 0 Å². The number of rotatable bonds is 9. The molecule has 1 saturated heterocycles. The van der Waals surface area contributed by atoms with E-state index in [1.54, 1.807) is 11.1 Å². The molecule has 1 aliphatic carbocycles. The van der Waals surface area contributed by atoms with Gasteiger partial charge in [0, 0.05) is 30.5 Å². The van der Waals surface area contributed by atoms with Gasteiger partial charge >= 0.3 is 0 Å². The van der Waals surface area contributed by atoms with Gasteiger partial charge in [0.2, 0.25) is 17.7 Å². The second kappa shape index (κ2) is 11.9. The summed E-state index contributed by atoms with van der Waals surface area (Å²) in [5.74, 6) is 0.411. The molecule has 0 bridgehead atoms. The second-order valence-electron chi connectivity index (χ2n) is 12.2. The molecule has 2 aliphatic heterocycles. The maximum absolute atomic E-state index is 14.2. The van der Waals surface area contributed by atoms with E-state index in [0.29, 0.717) is 37.4 Å². The zero-order valence-corrected chi connectivity index (χ0v) is 25.0. The Labute approximate surface area is 252 Å². The zero-order valence-electron chi connectivity index (χ0n) is 25.0. The van der Waals surface area contributed by atoms with Gasteiger partial charge in [-0.25, -0.2) is 4.98 Å². The predicted molar refractivity (Wildman–Crippen MR) is 166 cm³/mol. The maximum Gasteiger partial charge on any atom is 0.244 e. The fourth-order valence-electron chi connectivity index (χ4n) is 7.16. The van der Waals surface area contributed by atoms with E-state index in [2.05, 4.69) is 39.2 Å². The molecule has 2 aromatic carbocycles. The Morgan fingerprint density at radius 2 is 1.77 bits per heavy atom. The summed E-state index contributed by atoms with van der Waals surface area (Å²) in [5.41, 5.74) is 4.74. The molecule has 3 heterocycles. The van der Waals surface area contributed by atoms with E-state index in [9.17, 15) is 14.4 Å². The number of fused-ring (bicyclic) bond motifs is 3. The average molecular weight is 581 g/mol. The summed E-state index contributed by atoms with van der Waals surface area (Å²) in [6.45, 7) is 4.68. The summed E-state index contributed by atoms with van der Waals surface area (Å²) in [4.78, 5) is 47.0. The van der Waals surface area contributed by atoms with Gasteiger partial charge in [-0.2, -0.15) is 0 Å². The van der Waals surface area contributed by atoms with Gasteiger partial charge in [-0.05, 0) is 92.7 Å². The summed E-state index contributed by atoms with van der Waals surface area (Å²) in [6.07, 6.45) is 5.10. The highest BCUT2D eigenvalue weighted by Gasteiger charge is 2.51. The van der Waals surface area contributed by atoms with Crippen molar-refractivity contribution in [2.24, 2.45) is 5.41 Å². The largest absolute Gasteiger partial charge is 0.329 e. The lowest BCUT2D eigenvalue weighted by molar-refractivity contribution is -0.146. The summed E-state index contributed by atoms with van der Waals surface area (Å²) in [5, 5.41) is 12.6. The van der Waals surface area contributed by atoms with Crippen LogP contribution < -0.4 is 21.3 Å². The van der Waals surface area contributed by atoms with Crippen LogP contribution in [0.1, 0.15) is 54.0 Å². The van der Waals surface area contributed by atoms with Crippen LogP contribution in [0.3, 0.4) is 0 Å². The molecule has 4 N–H and O–H groups in total. The number of piperidine rings is 1. The van der Waals surface area contributed by atoms with E-state index in [4.69, 9.17) is 0 Å². The molecule has 3 amide bonds. The van der Waals surface area contributed by atoms with E-state index in [-0.39, 0.29) is 24.3 Å². The monoisotopic (exact) mass is 580 g/mol. The summed E-state index contributed by atoms with van der Waals surface area (Å²) in [7, 11) is 1.90. The molecule has 0 radical (unpaired) electrons. The lowest BCUT2D eigenvalue weighted by Gasteiger charge is -2.39. The van der Waals surface area contributed by atoms with E-state index >= 15 is 0 Å². The first-order chi connectivity index (χ1) is 20.9. The molecule has 0 saturated carbocycles. The first-order valence-electron chi connectivity index (χ1n) is 15.3. The van der Waals surface area contributed by atoms with Crippen molar-refractivity contribution in [3.8, 4) is 0 Å². The number of hydrogen-bond donors (Lipinski definition) is 4. The Bertz CT molecular complexity index is 1550. The second-order valence-corrected chi connectivity index (χ2v) is 12.2. The lowest BCUT2D eigenvalue weighted by atomic mass is 9.75. The van der Waals surface area contributed by atoms with Crippen LogP contribution in [-0.4, -0.2) is 54.3 Å². The molecule has 1 aromatic heterocycles. The molecule has 43 heavy (non-hydrogen) atoms. The van der Waals surface area contributed by atoms with E-state index in [0.717, 1.165) is 60.2 Å². The number of pyridine rings is 1. The van der Waals surface area contributed by atoms with E-state index < -0.39 is 10.8 Å². The van der Waals surface area contributed by atoms with Crippen molar-refractivity contribution in [2.45, 2.75) is 57.5 Å². The van der Waals surface area contributed by atoms with Crippen LogP contribution in [0.25, 0.3) is 0 Å². The molecular formula is C34H40N6O3. The number of amides is 3. The van der Waals surface area contributed by atoms with Crippen LogP contribution in [0.4, 0.5) is 11.5 Å². The number of benzene rings is 2. The minimum absolute atomic E-state index is 0.0292. The van der Waals surface area contributed by atoms with Gasteiger partial charge in [0.05, 0.1) is 10.8 Å². The van der Waals surface area contributed by atoms with Gasteiger partial charge in [0.1, 0.15) is 12.4 Å². The molecular weight excluding hydrogens is 540 g/mol. The van der Waals surface area contributed by atoms with Crippen molar-refractivity contribution in [1.82, 2.24) is 20.5 Å². The Morgan fingerprint density at radius 1 is 1.00 bits per heavy atom. The standard InChI is InChI=1S/C34H40N6O3/c1-3-33(12-15-36-16-13-33)32(43)40(21-25-8-5-4-7-24(25)20-35-2)22-29(41)38-27-11-10-23-18-34(19-26(23)17-27)28-9-6-14-37-30(28)39-31(34)42/h4-11,14,17,35-36H,3,12-13,15-16,18-22H2,1-2H3,(H,38,41)(H,37,39,42)/t34-/m1/s1.